The molecule has 0 radical (unpaired) electrons. The van der Waals surface area contributed by atoms with Crippen LogP contribution in [0, 0.1) is 13.8 Å². The standard InChI is InChI=1S/C14H14O3/c1-7-4-10-6-8(2)12(9(3)15)14(17)13(10)11(16)5-7/h4-6,16-17H,1-3H3/p+1. The third-order valence-electron chi connectivity index (χ3n) is 2.91. The van der Waals surface area contributed by atoms with Crippen LogP contribution in [0.3, 0.4) is 0 Å². The molecule has 2 aromatic carbocycles. The molecule has 2 rings (SSSR count). The smallest absolute Gasteiger partial charge is 0.265 e. The number of ketones is 1. The normalized spacial score (nSPS) is 10.8. The van der Waals surface area contributed by atoms with Crippen molar-refractivity contribution in [2.75, 3.05) is 0 Å². The van der Waals surface area contributed by atoms with E-state index in [9.17, 15) is 9.90 Å². The fraction of sp³-hybridized carbons (Fsp3) is 0.214. The first-order valence-electron chi connectivity index (χ1n) is 5.41. The van der Waals surface area contributed by atoms with Crippen LogP contribution in [0.5, 0.6) is 11.5 Å². The molecule has 0 saturated carbocycles. The van der Waals surface area contributed by atoms with Gasteiger partial charge in [-0.1, -0.05) is 12.1 Å². The van der Waals surface area contributed by atoms with Crippen molar-refractivity contribution in [3.8, 4) is 11.5 Å². The summed E-state index contributed by atoms with van der Waals surface area (Å²) in [5.74, 6) is -0.000579. The number of phenolic OH excluding ortho intramolecular Hbond substituents is 1. The van der Waals surface area contributed by atoms with Crippen LogP contribution in [0.2, 0.25) is 0 Å². The van der Waals surface area contributed by atoms with E-state index in [0.29, 0.717) is 10.9 Å². The summed E-state index contributed by atoms with van der Waals surface area (Å²) in [4.78, 5) is 11.5. The molecular formula is C14H15O3+. The Hall–Kier alpha value is -2.03. The van der Waals surface area contributed by atoms with Crippen LogP contribution in [-0.4, -0.2) is 16.0 Å². The van der Waals surface area contributed by atoms with Crippen molar-refractivity contribution in [1.29, 1.82) is 0 Å². The maximum Gasteiger partial charge on any atom is 0.265 e. The average Bonchev–Trinajstić information content (AvgIpc) is 2.13. The predicted molar refractivity (Wildman–Crippen MR) is 68.2 cm³/mol. The molecule has 0 aliphatic heterocycles. The lowest BCUT2D eigenvalue weighted by Gasteiger charge is -2.09. The zero-order valence-corrected chi connectivity index (χ0v) is 10.1. The van der Waals surface area contributed by atoms with Crippen LogP contribution in [-0.2, 0) is 0 Å². The first-order chi connectivity index (χ1) is 7.91. The Morgan fingerprint density at radius 1 is 1.24 bits per heavy atom. The number of fused-ring (bicyclic) bond motifs is 1. The van der Waals surface area contributed by atoms with E-state index < -0.39 is 0 Å². The molecule has 0 atom stereocenters. The van der Waals surface area contributed by atoms with Gasteiger partial charge in [0.1, 0.15) is 11.1 Å². The Bertz CT molecular complexity index is 627. The number of phenols is 1. The number of rotatable bonds is 1. The van der Waals surface area contributed by atoms with Crippen molar-refractivity contribution in [2.24, 2.45) is 0 Å². The molecule has 0 spiro atoms. The van der Waals surface area contributed by atoms with Crippen LogP contribution in [0.4, 0.5) is 0 Å². The monoisotopic (exact) mass is 231 g/mol. The highest BCUT2D eigenvalue weighted by molar-refractivity contribution is 6.06. The van der Waals surface area contributed by atoms with Gasteiger partial charge in [-0.15, -0.1) is 0 Å². The van der Waals surface area contributed by atoms with Crippen LogP contribution in [0.15, 0.2) is 18.2 Å². The Morgan fingerprint density at radius 3 is 2.47 bits per heavy atom. The van der Waals surface area contributed by atoms with E-state index >= 15 is 0 Å². The summed E-state index contributed by atoms with van der Waals surface area (Å²) in [7, 11) is 0. The van der Waals surface area contributed by atoms with Crippen LogP contribution in [0.25, 0.3) is 10.8 Å². The summed E-state index contributed by atoms with van der Waals surface area (Å²) in [5.41, 5.74) is 2.03. The van der Waals surface area contributed by atoms with Gasteiger partial charge in [0.05, 0.1) is 5.56 Å². The van der Waals surface area contributed by atoms with Crippen LogP contribution < -0.4 is 0 Å². The van der Waals surface area contributed by atoms with Gasteiger partial charge in [0.25, 0.3) is 5.75 Å². The largest absolute Gasteiger partial charge is 0.593 e. The van der Waals surface area contributed by atoms with Gasteiger partial charge in [0, 0.05) is 6.07 Å². The zero-order valence-electron chi connectivity index (χ0n) is 10.1. The molecule has 0 saturated heterocycles. The molecule has 0 aliphatic rings. The molecule has 0 aliphatic carbocycles. The summed E-state index contributed by atoms with van der Waals surface area (Å²) in [6.07, 6.45) is 0. The summed E-state index contributed by atoms with van der Waals surface area (Å²) in [6, 6.07) is 5.43. The van der Waals surface area contributed by atoms with E-state index in [1.807, 2.05) is 19.1 Å². The molecule has 17 heavy (non-hydrogen) atoms. The Morgan fingerprint density at radius 2 is 1.88 bits per heavy atom. The number of carbonyl (C=O) groups is 1. The van der Waals surface area contributed by atoms with Crippen molar-refractivity contribution in [2.45, 2.75) is 20.8 Å². The fourth-order valence-corrected chi connectivity index (χ4v) is 2.25. The van der Waals surface area contributed by atoms with Crippen LogP contribution >= 0.6 is 0 Å². The number of hydrogen-bond donors (Lipinski definition) is 1. The molecule has 88 valence electrons. The number of aromatic hydroxyl groups is 1. The zero-order chi connectivity index (χ0) is 12.7. The predicted octanol–water partition coefficient (Wildman–Crippen LogP) is 2.80. The Balaban J connectivity index is 2.97. The van der Waals surface area contributed by atoms with Crippen molar-refractivity contribution in [3.63, 3.8) is 0 Å². The number of benzene rings is 2. The van der Waals surface area contributed by atoms with Crippen molar-refractivity contribution >= 4 is 16.6 Å². The van der Waals surface area contributed by atoms with Crippen molar-refractivity contribution < 1.29 is 15.0 Å². The molecule has 0 amide bonds. The topological polar surface area (TPSA) is 60.2 Å². The van der Waals surface area contributed by atoms with Gasteiger partial charge in [-0.25, -0.2) is 0 Å². The molecule has 0 aromatic heterocycles. The number of Topliss-reactive ketones (excluding diaryl/α,β-unsaturated/α-hetero) is 1. The molecule has 2 aromatic rings. The molecule has 0 unspecified atom stereocenters. The Kier molecular flexibility index (Phi) is 2.54. The average molecular weight is 231 g/mol. The second-order valence-corrected chi connectivity index (χ2v) is 4.38. The summed E-state index contributed by atoms with van der Waals surface area (Å²) in [6.45, 7) is 5.12. The van der Waals surface area contributed by atoms with Gasteiger partial charge < -0.3 is 10.2 Å². The van der Waals surface area contributed by atoms with Gasteiger partial charge in [-0.2, -0.15) is 0 Å². The minimum absolute atomic E-state index is 0.0718. The van der Waals surface area contributed by atoms with Crippen molar-refractivity contribution in [1.82, 2.24) is 0 Å². The van der Waals surface area contributed by atoms with Gasteiger partial charge in [0.2, 0.25) is 0 Å². The summed E-state index contributed by atoms with van der Waals surface area (Å²) >= 11 is 0. The molecule has 3 nitrogen and oxygen atoms in total. The summed E-state index contributed by atoms with van der Waals surface area (Å²) < 4.78 is 0. The highest BCUT2D eigenvalue weighted by atomic mass is 16.3. The maximum atomic E-state index is 11.5. The van der Waals surface area contributed by atoms with Gasteiger partial charge >= 0.3 is 0 Å². The fourth-order valence-electron chi connectivity index (χ4n) is 2.25. The number of aryl methyl sites for hydroxylation is 2. The summed E-state index contributed by atoms with van der Waals surface area (Å²) in [5, 5.41) is 19.3. The molecule has 0 heterocycles. The molecule has 3 heteroatoms. The number of carbonyl (C=O) groups excluding carboxylic acids is 1. The lowest BCUT2D eigenvalue weighted by Crippen LogP contribution is -1.97. The second-order valence-electron chi connectivity index (χ2n) is 4.38. The Labute approximate surface area is 99.3 Å². The van der Waals surface area contributed by atoms with E-state index in [2.05, 4.69) is 0 Å². The van der Waals surface area contributed by atoms with E-state index in [0.717, 1.165) is 16.5 Å². The van der Waals surface area contributed by atoms with E-state index in [1.54, 1.807) is 13.0 Å². The molecule has 0 fully saturated rings. The molecule has 0 bridgehead atoms. The second kappa shape index (κ2) is 3.77. The minimum Gasteiger partial charge on any atom is -0.593 e. The van der Waals surface area contributed by atoms with Crippen LogP contribution in [0.1, 0.15) is 28.4 Å². The lowest BCUT2D eigenvalue weighted by molar-refractivity contribution is 0.101. The highest BCUT2D eigenvalue weighted by Crippen LogP contribution is 2.38. The minimum atomic E-state index is -0.179. The first-order valence-corrected chi connectivity index (χ1v) is 5.41. The lowest BCUT2D eigenvalue weighted by atomic mass is 9.96. The molecule has 3 N–H and O–H groups in total. The van der Waals surface area contributed by atoms with Gasteiger partial charge in [-0.3, -0.25) is 4.79 Å². The van der Waals surface area contributed by atoms with Crippen molar-refractivity contribution in [3.05, 3.63) is 34.9 Å². The third kappa shape index (κ3) is 1.73. The maximum absolute atomic E-state index is 11.5. The molecular weight excluding hydrogens is 216 g/mol. The number of hydrogen-bond acceptors (Lipinski definition) is 2. The quantitative estimate of drug-likeness (QED) is 0.606. The third-order valence-corrected chi connectivity index (χ3v) is 2.91. The first kappa shape index (κ1) is 11.5. The highest BCUT2D eigenvalue weighted by Gasteiger charge is 2.18. The van der Waals surface area contributed by atoms with Gasteiger partial charge in [-0.05, 0) is 37.3 Å². The SMILES string of the molecule is CC(=O)c1c(C)cc2cc(C)cc([OH2+])c2c1O. The van der Waals surface area contributed by atoms with Gasteiger partial charge in [0.15, 0.2) is 5.78 Å². The van der Waals surface area contributed by atoms with E-state index in [4.69, 9.17) is 5.11 Å². The van der Waals surface area contributed by atoms with E-state index in [-0.39, 0.29) is 17.3 Å². The van der Waals surface area contributed by atoms with E-state index in [1.165, 1.54) is 6.92 Å².